The second-order valence-corrected chi connectivity index (χ2v) is 8.33. The minimum Gasteiger partial charge on any atom is -0.317 e. The van der Waals surface area contributed by atoms with E-state index >= 15 is 0 Å². The number of rotatable bonds is 5. The molecule has 0 saturated carbocycles. The number of aromatic nitrogens is 3. The average Bonchev–Trinajstić information content (AvgIpc) is 3.07. The predicted molar refractivity (Wildman–Crippen MR) is 95.0 cm³/mol. The number of halogens is 1. The summed E-state index contributed by atoms with van der Waals surface area (Å²) in [5.74, 6) is 2.70. The van der Waals surface area contributed by atoms with Gasteiger partial charge in [0.1, 0.15) is 11.6 Å². The summed E-state index contributed by atoms with van der Waals surface area (Å²) < 4.78 is 3.06. The minimum atomic E-state index is 0.520. The Balaban J connectivity index is 1.57. The van der Waals surface area contributed by atoms with Gasteiger partial charge in [0.05, 0.1) is 10.9 Å². The number of nitrogens with zero attached hydrogens (tertiary/aromatic N) is 5. The van der Waals surface area contributed by atoms with Gasteiger partial charge in [-0.05, 0) is 52.2 Å². The van der Waals surface area contributed by atoms with Crippen molar-refractivity contribution >= 4 is 22.9 Å². The van der Waals surface area contributed by atoms with Gasteiger partial charge >= 0.3 is 0 Å². The van der Waals surface area contributed by atoms with Crippen LogP contribution in [0.3, 0.4) is 0 Å². The van der Waals surface area contributed by atoms with Crippen LogP contribution in [0.5, 0.6) is 0 Å². The lowest BCUT2D eigenvalue weighted by molar-refractivity contribution is 0.202. The van der Waals surface area contributed by atoms with Crippen LogP contribution in [0.2, 0.25) is 4.34 Å². The molecule has 126 valence electrons. The van der Waals surface area contributed by atoms with E-state index in [0.717, 1.165) is 55.0 Å². The molecule has 0 amide bonds. The molecule has 3 heterocycles. The molecule has 1 aliphatic heterocycles. The number of thiophene rings is 1. The van der Waals surface area contributed by atoms with Crippen molar-refractivity contribution in [2.45, 2.75) is 31.8 Å². The fraction of sp³-hybridized carbons (Fsp3) is 0.625. The zero-order valence-electron chi connectivity index (χ0n) is 14.0. The minimum absolute atomic E-state index is 0.520. The van der Waals surface area contributed by atoms with E-state index in [1.54, 1.807) is 11.3 Å². The summed E-state index contributed by atoms with van der Waals surface area (Å²) in [6.07, 6.45) is 2.29. The molecule has 7 heteroatoms. The molecular formula is C16H24ClN5S. The molecule has 0 bridgehead atoms. The normalized spacial score (nSPS) is 17.3. The van der Waals surface area contributed by atoms with E-state index in [-0.39, 0.29) is 0 Å². The Bertz CT molecular complexity index is 643. The standard InChI is InChI=1S/C16H24ClN5S/c1-20(2)11-15-18-19-16(21(15)3)12-6-8-22(9-7-12)10-13-4-5-14(17)23-13/h4-5,12H,6-11H2,1-3H3. The van der Waals surface area contributed by atoms with Gasteiger partial charge in [-0.2, -0.15) is 0 Å². The fourth-order valence-corrected chi connectivity index (χ4v) is 4.29. The van der Waals surface area contributed by atoms with E-state index in [9.17, 15) is 0 Å². The Morgan fingerprint density at radius 1 is 1.26 bits per heavy atom. The monoisotopic (exact) mass is 353 g/mol. The molecule has 1 fully saturated rings. The summed E-state index contributed by atoms with van der Waals surface area (Å²) in [6, 6.07) is 4.12. The van der Waals surface area contributed by atoms with Gasteiger partial charge in [-0.25, -0.2) is 0 Å². The lowest BCUT2D eigenvalue weighted by Crippen LogP contribution is -2.33. The van der Waals surface area contributed by atoms with Crippen LogP contribution in [0.25, 0.3) is 0 Å². The van der Waals surface area contributed by atoms with E-state index in [2.05, 4.69) is 51.8 Å². The molecule has 1 saturated heterocycles. The maximum absolute atomic E-state index is 6.02. The zero-order valence-corrected chi connectivity index (χ0v) is 15.6. The van der Waals surface area contributed by atoms with Crippen LogP contribution in [-0.2, 0) is 20.1 Å². The molecule has 0 radical (unpaired) electrons. The molecule has 0 atom stereocenters. The van der Waals surface area contributed by atoms with E-state index < -0.39 is 0 Å². The Hall–Kier alpha value is -0.950. The first-order valence-corrected chi connectivity index (χ1v) is 9.22. The highest BCUT2D eigenvalue weighted by Crippen LogP contribution is 2.29. The molecule has 23 heavy (non-hydrogen) atoms. The maximum Gasteiger partial charge on any atom is 0.146 e. The first-order valence-electron chi connectivity index (χ1n) is 8.02. The van der Waals surface area contributed by atoms with Gasteiger partial charge in [-0.1, -0.05) is 11.6 Å². The summed E-state index contributed by atoms with van der Waals surface area (Å²) in [4.78, 5) is 5.98. The Kier molecular flexibility index (Phi) is 5.36. The summed E-state index contributed by atoms with van der Waals surface area (Å²) in [5, 5.41) is 8.82. The highest BCUT2D eigenvalue weighted by molar-refractivity contribution is 7.16. The molecule has 0 N–H and O–H groups in total. The highest BCUT2D eigenvalue weighted by atomic mass is 35.5. The van der Waals surface area contributed by atoms with Crippen LogP contribution in [0.1, 0.15) is 35.3 Å². The summed E-state index contributed by atoms with van der Waals surface area (Å²) >= 11 is 7.70. The third kappa shape index (κ3) is 4.12. The van der Waals surface area contributed by atoms with Gasteiger partial charge in [0, 0.05) is 24.4 Å². The quantitative estimate of drug-likeness (QED) is 0.828. The maximum atomic E-state index is 6.02. The zero-order chi connectivity index (χ0) is 16.4. The predicted octanol–water partition coefficient (Wildman–Crippen LogP) is 2.97. The second-order valence-electron chi connectivity index (χ2n) is 6.53. The number of piperidine rings is 1. The van der Waals surface area contributed by atoms with Gasteiger partial charge in [0.15, 0.2) is 0 Å². The molecule has 0 aromatic carbocycles. The van der Waals surface area contributed by atoms with Crippen molar-refractivity contribution < 1.29 is 0 Å². The van der Waals surface area contributed by atoms with Gasteiger partial charge < -0.3 is 9.47 Å². The van der Waals surface area contributed by atoms with Crippen molar-refractivity contribution in [2.24, 2.45) is 7.05 Å². The van der Waals surface area contributed by atoms with Crippen molar-refractivity contribution in [3.63, 3.8) is 0 Å². The molecule has 2 aromatic rings. The second kappa shape index (κ2) is 7.30. The van der Waals surface area contributed by atoms with Crippen molar-refractivity contribution in [1.29, 1.82) is 0 Å². The lowest BCUT2D eigenvalue weighted by Gasteiger charge is -2.31. The van der Waals surface area contributed by atoms with E-state index in [1.807, 2.05) is 6.07 Å². The van der Waals surface area contributed by atoms with Crippen molar-refractivity contribution in [2.75, 3.05) is 27.2 Å². The summed E-state index contributed by atoms with van der Waals surface area (Å²) in [6.45, 7) is 4.06. The third-order valence-electron chi connectivity index (χ3n) is 4.42. The summed E-state index contributed by atoms with van der Waals surface area (Å²) in [7, 11) is 6.21. The fourth-order valence-electron chi connectivity index (χ4n) is 3.16. The van der Waals surface area contributed by atoms with Crippen molar-refractivity contribution in [1.82, 2.24) is 24.6 Å². The number of hydrogen-bond donors (Lipinski definition) is 0. The first-order chi connectivity index (χ1) is 11.0. The van der Waals surface area contributed by atoms with Crippen LogP contribution in [-0.4, -0.2) is 51.7 Å². The molecule has 5 nitrogen and oxygen atoms in total. The van der Waals surface area contributed by atoms with E-state index in [4.69, 9.17) is 11.6 Å². The first kappa shape index (κ1) is 16.9. The molecule has 0 unspecified atom stereocenters. The van der Waals surface area contributed by atoms with Crippen LogP contribution in [0, 0.1) is 0 Å². The topological polar surface area (TPSA) is 37.2 Å². The molecule has 3 rings (SSSR count). The van der Waals surface area contributed by atoms with E-state index in [0.29, 0.717) is 5.92 Å². The van der Waals surface area contributed by atoms with E-state index in [1.165, 1.54) is 4.88 Å². The number of hydrogen-bond acceptors (Lipinski definition) is 5. The average molecular weight is 354 g/mol. The number of likely N-dealkylation sites (tertiary alicyclic amines) is 1. The Morgan fingerprint density at radius 3 is 2.61 bits per heavy atom. The molecule has 1 aliphatic rings. The van der Waals surface area contributed by atoms with Crippen LogP contribution >= 0.6 is 22.9 Å². The Morgan fingerprint density at radius 2 is 2.00 bits per heavy atom. The van der Waals surface area contributed by atoms with Gasteiger partial charge in [-0.3, -0.25) is 4.90 Å². The summed E-state index contributed by atoms with van der Waals surface area (Å²) in [5.41, 5.74) is 0. The third-order valence-corrected chi connectivity index (χ3v) is 5.63. The molecule has 2 aromatic heterocycles. The Labute approximate surface area is 146 Å². The van der Waals surface area contributed by atoms with Crippen LogP contribution < -0.4 is 0 Å². The smallest absolute Gasteiger partial charge is 0.146 e. The van der Waals surface area contributed by atoms with Crippen LogP contribution in [0.4, 0.5) is 0 Å². The largest absolute Gasteiger partial charge is 0.317 e. The van der Waals surface area contributed by atoms with Gasteiger partial charge in [0.2, 0.25) is 0 Å². The lowest BCUT2D eigenvalue weighted by atomic mass is 9.96. The SMILES string of the molecule is CN(C)Cc1nnc(C2CCN(Cc3ccc(Cl)s3)CC2)n1C. The van der Waals surface area contributed by atoms with Crippen LogP contribution in [0.15, 0.2) is 12.1 Å². The highest BCUT2D eigenvalue weighted by Gasteiger charge is 2.25. The molecule has 0 aliphatic carbocycles. The molecule has 0 spiro atoms. The molecular weight excluding hydrogens is 330 g/mol. The van der Waals surface area contributed by atoms with Gasteiger partial charge in [-0.15, -0.1) is 21.5 Å². The van der Waals surface area contributed by atoms with Crippen molar-refractivity contribution in [3.8, 4) is 0 Å². The van der Waals surface area contributed by atoms with Crippen molar-refractivity contribution in [3.05, 3.63) is 33.0 Å². The van der Waals surface area contributed by atoms with Gasteiger partial charge in [0.25, 0.3) is 0 Å².